The van der Waals surface area contributed by atoms with E-state index in [0.717, 1.165) is 67.5 Å². The molecule has 1 aliphatic heterocycles. The van der Waals surface area contributed by atoms with Gasteiger partial charge in [0.15, 0.2) is 0 Å². The zero-order valence-corrected chi connectivity index (χ0v) is 40.1. The van der Waals surface area contributed by atoms with Gasteiger partial charge in [-0.3, -0.25) is 9.98 Å². The first-order chi connectivity index (χ1) is 29.7. The van der Waals surface area contributed by atoms with Crippen LogP contribution in [0.2, 0.25) is 0 Å². The minimum atomic E-state index is 0.785. The van der Waals surface area contributed by atoms with Gasteiger partial charge in [0.2, 0.25) is 0 Å². The zero-order valence-electron chi connectivity index (χ0n) is 40.1. The summed E-state index contributed by atoms with van der Waals surface area (Å²) in [5, 5.41) is 2.41. The lowest BCUT2D eigenvalue weighted by Crippen LogP contribution is -2.28. The summed E-state index contributed by atoms with van der Waals surface area (Å²) in [4.78, 5) is 11.8. The summed E-state index contributed by atoms with van der Waals surface area (Å²) in [6, 6.07) is 11.0. The van der Waals surface area contributed by atoms with Crippen LogP contribution in [0, 0.1) is 0 Å². The second kappa shape index (κ2) is 29.6. The van der Waals surface area contributed by atoms with Gasteiger partial charge in [0.25, 0.3) is 0 Å². The van der Waals surface area contributed by atoms with E-state index >= 15 is 0 Å². The van der Waals surface area contributed by atoms with E-state index in [1.165, 1.54) is 55.1 Å². The Morgan fingerprint density at radius 3 is 2.23 bits per heavy atom. The number of allylic oxidation sites excluding steroid dienone is 21. The van der Waals surface area contributed by atoms with Gasteiger partial charge in [0, 0.05) is 25.0 Å². The molecule has 0 unspecified atom stereocenters. The van der Waals surface area contributed by atoms with Gasteiger partial charge in [-0.1, -0.05) is 181 Å². The number of aromatic nitrogens is 1. The van der Waals surface area contributed by atoms with E-state index in [1.807, 2.05) is 40.1 Å². The van der Waals surface area contributed by atoms with E-state index in [9.17, 15) is 0 Å². The van der Waals surface area contributed by atoms with Crippen LogP contribution in [0.25, 0.3) is 17.7 Å². The SMILES string of the molecule is C/C=C\C(/C=C\c1cnccc1/C(C(/C=C\CC)=C(C)C)=c1\cccc\c1=C/C\C=C/C(=C\C)C(/C/C=C\C=C/CCC)=C1\C=NC2=CCCC=C2N1C)=C(C)C.CC.CC. The summed E-state index contributed by atoms with van der Waals surface area (Å²) >= 11 is 0. The van der Waals surface area contributed by atoms with Crippen molar-refractivity contribution in [3.8, 4) is 0 Å². The van der Waals surface area contributed by atoms with Crippen molar-refractivity contribution in [3.63, 3.8) is 0 Å². The molecule has 0 radical (unpaired) electrons. The number of hydrogen-bond donors (Lipinski definition) is 0. The molecule has 0 saturated heterocycles. The Balaban J connectivity index is 0.00000311. The predicted octanol–water partition coefficient (Wildman–Crippen LogP) is 15.4. The summed E-state index contributed by atoms with van der Waals surface area (Å²) in [5.41, 5.74) is 14.4. The number of aliphatic imine (C=N–C) groups is 1. The van der Waals surface area contributed by atoms with Crippen LogP contribution in [0.5, 0.6) is 0 Å². The van der Waals surface area contributed by atoms with E-state index in [1.54, 1.807) is 0 Å². The highest BCUT2D eigenvalue weighted by molar-refractivity contribution is 5.87. The smallest absolute Gasteiger partial charge is 0.0824 e. The molecule has 0 saturated carbocycles. The Kier molecular flexibility index (Phi) is 25.1. The summed E-state index contributed by atoms with van der Waals surface area (Å²) in [5.74, 6) is 0. The van der Waals surface area contributed by atoms with Gasteiger partial charge in [0.05, 0.1) is 23.3 Å². The van der Waals surface area contributed by atoms with Crippen LogP contribution < -0.4 is 10.4 Å². The fourth-order valence-electron chi connectivity index (χ4n) is 7.03. The van der Waals surface area contributed by atoms with Crippen molar-refractivity contribution < 1.29 is 0 Å². The number of hydrogen-bond acceptors (Lipinski definition) is 3. The molecule has 2 aliphatic rings. The number of likely N-dealkylation sites (N-methyl/N-ethyl adjacent to an activating group) is 1. The van der Waals surface area contributed by atoms with Crippen molar-refractivity contribution in [1.29, 1.82) is 0 Å². The molecule has 4 rings (SSSR count). The van der Waals surface area contributed by atoms with Gasteiger partial charge in [-0.15, -0.1) is 0 Å². The van der Waals surface area contributed by atoms with Crippen LogP contribution >= 0.6 is 0 Å². The Morgan fingerprint density at radius 1 is 0.803 bits per heavy atom. The average molecular weight is 816 g/mol. The fraction of sp³-hybridized carbons (Fsp3) is 0.345. The molecule has 324 valence electrons. The second-order valence-corrected chi connectivity index (χ2v) is 14.8. The topological polar surface area (TPSA) is 28.5 Å². The monoisotopic (exact) mass is 816 g/mol. The van der Waals surface area contributed by atoms with E-state index in [-0.39, 0.29) is 0 Å². The van der Waals surface area contributed by atoms with Crippen molar-refractivity contribution in [2.75, 3.05) is 7.05 Å². The number of nitrogens with zero attached hydrogens (tertiary/aromatic N) is 3. The molecule has 0 bridgehead atoms. The first kappa shape index (κ1) is 51.6. The highest BCUT2D eigenvalue weighted by Gasteiger charge is 2.22. The highest BCUT2D eigenvalue weighted by atomic mass is 15.2. The van der Waals surface area contributed by atoms with Crippen LogP contribution in [0.1, 0.15) is 139 Å². The van der Waals surface area contributed by atoms with Gasteiger partial charge in [-0.05, 0) is 130 Å². The van der Waals surface area contributed by atoms with Gasteiger partial charge in [-0.2, -0.15) is 0 Å². The van der Waals surface area contributed by atoms with E-state index in [0.29, 0.717) is 0 Å². The molecular formula is C58H77N3. The molecule has 0 atom stereocenters. The van der Waals surface area contributed by atoms with Crippen molar-refractivity contribution >= 4 is 23.9 Å². The molecule has 1 aliphatic carbocycles. The van der Waals surface area contributed by atoms with Crippen molar-refractivity contribution in [1.82, 2.24) is 9.88 Å². The first-order valence-corrected chi connectivity index (χ1v) is 22.9. The first-order valence-electron chi connectivity index (χ1n) is 22.9. The quantitative estimate of drug-likeness (QED) is 0.158. The van der Waals surface area contributed by atoms with Crippen LogP contribution in [0.4, 0.5) is 0 Å². The molecule has 61 heavy (non-hydrogen) atoms. The second-order valence-electron chi connectivity index (χ2n) is 14.8. The van der Waals surface area contributed by atoms with Gasteiger partial charge >= 0.3 is 0 Å². The fourth-order valence-corrected chi connectivity index (χ4v) is 7.03. The lowest BCUT2D eigenvalue weighted by atomic mass is 9.89. The third-order valence-corrected chi connectivity index (χ3v) is 10.1. The third-order valence-electron chi connectivity index (χ3n) is 10.1. The number of rotatable bonds is 16. The maximum atomic E-state index is 4.91. The van der Waals surface area contributed by atoms with Crippen LogP contribution in [0.3, 0.4) is 0 Å². The van der Waals surface area contributed by atoms with Gasteiger partial charge in [-0.25, -0.2) is 0 Å². The van der Waals surface area contributed by atoms with Crippen molar-refractivity contribution in [2.45, 2.75) is 128 Å². The molecule has 2 heterocycles. The van der Waals surface area contributed by atoms with Crippen molar-refractivity contribution in [2.24, 2.45) is 4.99 Å². The molecule has 3 nitrogen and oxygen atoms in total. The molecule has 1 aromatic heterocycles. The summed E-state index contributed by atoms with van der Waals surface area (Å²) < 4.78 is 0. The maximum absolute atomic E-state index is 4.91. The summed E-state index contributed by atoms with van der Waals surface area (Å²) in [7, 11) is 2.18. The third kappa shape index (κ3) is 15.8. The Labute approximate surface area is 372 Å². The summed E-state index contributed by atoms with van der Waals surface area (Å²) in [6.45, 7) is 25.4. The molecule has 3 heteroatoms. The summed E-state index contributed by atoms with van der Waals surface area (Å²) in [6.07, 6.45) is 48.7. The minimum Gasteiger partial charge on any atom is -0.342 e. The lowest BCUT2D eigenvalue weighted by molar-refractivity contribution is 0.532. The molecule has 0 amide bonds. The van der Waals surface area contributed by atoms with Crippen LogP contribution in [0.15, 0.2) is 183 Å². The molecular weight excluding hydrogens is 739 g/mol. The zero-order chi connectivity index (χ0) is 45.0. The number of fused-ring (bicyclic) bond motifs is 1. The molecule has 0 fully saturated rings. The van der Waals surface area contributed by atoms with Gasteiger partial charge < -0.3 is 4.90 Å². The molecule has 0 spiro atoms. The maximum Gasteiger partial charge on any atom is 0.0824 e. The number of benzene rings is 1. The largest absolute Gasteiger partial charge is 0.342 e. The van der Waals surface area contributed by atoms with E-state index < -0.39 is 0 Å². The Bertz CT molecular complexity index is 2240. The standard InChI is InChI=1S/C54H65N3.2C2H6/c1-10-14-16-17-18-19-31-48(53-40-56-51-33-24-25-34-52(51)57(53)9)43(13-4)27-20-21-28-45-29-22-23-32-49(45)54(47(42(7)8)30-15-11-2)50-37-38-55-39-46(50)36-35-44(26-12-3)41(5)6;2*1-2/h12-13,15-20,22-23,26-30,32-40H,10-11,14,21,24-25,31H2,1-9H3;2*1-2H3/b17-16-,19-18-,26-12-,27-20-,30-15-,36-35-,43-13+,45-28+,53-48+,54-49+;;. The Hall–Kier alpha value is -5.54. The lowest BCUT2D eigenvalue weighted by Gasteiger charge is -2.31. The van der Waals surface area contributed by atoms with Crippen LogP contribution in [-0.4, -0.2) is 23.1 Å². The molecule has 2 aromatic rings. The van der Waals surface area contributed by atoms with E-state index in [4.69, 9.17) is 4.99 Å². The van der Waals surface area contributed by atoms with Crippen LogP contribution in [-0.2, 0) is 0 Å². The highest BCUT2D eigenvalue weighted by Crippen LogP contribution is 2.33. The average Bonchev–Trinajstić information content (AvgIpc) is 3.29. The van der Waals surface area contributed by atoms with E-state index in [2.05, 4.69) is 206 Å². The molecule has 0 N–H and O–H groups in total. The van der Waals surface area contributed by atoms with Gasteiger partial charge in [0.1, 0.15) is 0 Å². The predicted molar refractivity (Wildman–Crippen MR) is 274 cm³/mol. The van der Waals surface area contributed by atoms with Crippen molar-refractivity contribution in [3.05, 3.63) is 200 Å². The minimum absolute atomic E-state index is 0.785. The Morgan fingerprint density at radius 2 is 1.54 bits per heavy atom. The molecule has 1 aromatic carbocycles. The normalized spacial score (nSPS) is 15.9. The number of unbranched alkanes of at least 4 members (excludes halogenated alkanes) is 1. The number of pyridine rings is 1.